The summed E-state index contributed by atoms with van der Waals surface area (Å²) in [6.07, 6.45) is 1.03. The van der Waals surface area contributed by atoms with Crippen LogP contribution in [0.15, 0.2) is 58.3 Å². The van der Waals surface area contributed by atoms with Gasteiger partial charge < -0.3 is 4.90 Å². The molecule has 0 bridgehead atoms. The average Bonchev–Trinajstić information content (AvgIpc) is 2.73. The van der Waals surface area contributed by atoms with Crippen LogP contribution in [0.3, 0.4) is 0 Å². The zero-order valence-corrected chi connectivity index (χ0v) is 17.8. The lowest BCUT2D eigenvalue weighted by Crippen LogP contribution is -2.48. The fourth-order valence-corrected chi connectivity index (χ4v) is 5.67. The quantitative estimate of drug-likeness (QED) is 0.490. The second-order valence-corrected chi connectivity index (χ2v) is 10.00. The first-order valence-electron chi connectivity index (χ1n) is 9.11. The fraction of sp³-hybridized carbons (Fsp3) is 0.350. The highest BCUT2D eigenvalue weighted by atomic mass is 35.5. The van der Waals surface area contributed by atoms with E-state index >= 15 is 0 Å². The molecule has 3 rings (SSSR count). The summed E-state index contributed by atoms with van der Waals surface area (Å²) in [7, 11) is -3.50. The summed E-state index contributed by atoms with van der Waals surface area (Å²) in [5.41, 5.74) is 0.457. The number of nitrogens with zero attached hydrogens (tertiary/aromatic N) is 3. The lowest BCUT2D eigenvalue weighted by Gasteiger charge is -2.34. The van der Waals surface area contributed by atoms with Crippen LogP contribution in [0.4, 0.5) is 0 Å². The van der Waals surface area contributed by atoms with Crippen molar-refractivity contribution in [1.82, 2.24) is 9.21 Å². The van der Waals surface area contributed by atoms with E-state index in [0.717, 1.165) is 41.7 Å². The van der Waals surface area contributed by atoms with E-state index in [0.29, 0.717) is 18.7 Å². The number of hydrogen-bond acceptors (Lipinski definition) is 5. The highest BCUT2D eigenvalue weighted by Gasteiger charge is 2.28. The van der Waals surface area contributed by atoms with Gasteiger partial charge in [0, 0.05) is 31.1 Å². The minimum absolute atomic E-state index is 0.246. The van der Waals surface area contributed by atoms with Gasteiger partial charge >= 0.3 is 0 Å². The minimum atomic E-state index is -3.50. The summed E-state index contributed by atoms with van der Waals surface area (Å²) < 4.78 is 27.0. The van der Waals surface area contributed by atoms with Gasteiger partial charge in [0.05, 0.1) is 21.6 Å². The van der Waals surface area contributed by atoms with E-state index in [1.54, 1.807) is 23.9 Å². The van der Waals surface area contributed by atoms with Crippen molar-refractivity contribution in [3.8, 4) is 6.07 Å². The van der Waals surface area contributed by atoms with E-state index in [4.69, 9.17) is 16.9 Å². The van der Waals surface area contributed by atoms with Gasteiger partial charge in [-0.05, 0) is 55.1 Å². The normalized spacial score (nSPS) is 16.0. The molecule has 1 aliphatic heterocycles. The van der Waals surface area contributed by atoms with Crippen LogP contribution in [0, 0.1) is 11.3 Å². The maximum absolute atomic E-state index is 12.8. The van der Waals surface area contributed by atoms with Gasteiger partial charge in [-0.1, -0.05) is 23.7 Å². The third kappa shape index (κ3) is 5.28. The Hall–Kier alpha value is -1.56. The minimum Gasteiger partial charge on any atom is -0.301 e. The lowest BCUT2D eigenvalue weighted by atomic mass is 10.2. The monoisotopic (exact) mass is 435 g/mol. The van der Waals surface area contributed by atoms with Crippen LogP contribution in [0.25, 0.3) is 0 Å². The van der Waals surface area contributed by atoms with Gasteiger partial charge in [-0.25, -0.2) is 8.42 Å². The molecular formula is C20H22ClN3O2S2. The van der Waals surface area contributed by atoms with Crippen LogP contribution < -0.4 is 0 Å². The van der Waals surface area contributed by atoms with Crippen LogP contribution in [0.1, 0.15) is 12.0 Å². The molecule has 0 saturated carbocycles. The maximum Gasteiger partial charge on any atom is 0.243 e. The van der Waals surface area contributed by atoms with Crippen molar-refractivity contribution >= 4 is 33.4 Å². The summed E-state index contributed by atoms with van der Waals surface area (Å²) in [5, 5.41) is 9.64. The van der Waals surface area contributed by atoms with Gasteiger partial charge in [-0.2, -0.15) is 9.57 Å². The summed E-state index contributed by atoms with van der Waals surface area (Å²) >= 11 is 7.92. The van der Waals surface area contributed by atoms with Crippen molar-refractivity contribution in [1.29, 1.82) is 5.26 Å². The molecule has 28 heavy (non-hydrogen) atoms. The second kappa shape index (κ2) is 9.77. The van der Waals surface area contributed by atoms with Crippen LogP contribution in [-0.4, -0.2) is 56.1 Å². The molecule has 0 radical (unpaired) electrons. The molecule has 0 aromatic heterocycles. The number of rotatable bonds is 7. The standard InChI is InChI=1S/C20H22ClN3O2S2/c21-19-4-1-2-5-20(19)27-15-3-10-23-11-13-24(14-12-23)28(25,26)18-8-6-17(16-22)7-9-18/h1-2,4-9H,3,10-15H2. The molecule has 0 spiro atoms. The van der Waals surface area contributed by atoms with Crippen molar-refractivity contribution in [2.24, 2.45) is 0 Å². The first-order valence-corrected chi connectivity index (χ1v) is 11.9. The van der Waals surface area contributed by atoms with Crippen LogP contribution in [0.2, 0.25) is 5.02 Å². The maximum atomic E-state index is 12.8. The predicted molar refractivity (Wildman–Crippen MR) is 113 cm³/mol. The Balaban J connectivity index is 1.45. The molecule has 0 atom stereocenters. The zero-order chi connectivity index (χ0) is 20.0. The Labute approximate surface area is 176 Å². The van der Waals surface area contributed by atoms with Gasteiger partial charge in [-0.3, -0.25) is 0 Å². The van der Waals surface area contributed by atoms with E-state index in [1.807, 2.05) is 30.3 Å². The molecular weight excluding hydrogens is 414 g/mol. The van der Waals surface area contributed by atoms with Gasteiger partial charge in [0.1, 0.15) is 0 Å². The summed E-state index contributed by atoms with van der Waals surface area (Å²) in [6.45, 7) is 3.38. The second-order valence-electron chi connectivity index (χ2n) is 6.51. The SMILES string of the molecule is N#Cc1ccc(S(=O)(=O)N2CCN(CCCSc3ccccc3Cl)CC2)cc1. The number of hydrogen-bond donors (Lipinski definition) is 0. The van der Waals surface area contributed by atoms with Crippen molar-refractivity contribution in [2.75, 3.05) is 38.5 Å². The number of nitriles is 1. The fourth-order valence-electron chi connectivity index (χ4n) is 3.08. The van der Waals surface area contributed by atoms with Crippen LogP contribution >= 0.6 is 23.4 Å². The Morgan fingerprint density at radius 3 is 2.36 bits per heavy atom. The molecule has 0 aliphatic carbocycles. The predicted octanol–water partition coefficient (Wildman–Crippen LogP) is 3.70. The molecule has 148 valence electrons. The third-order valence-corrected chi connectivity index (χ3v) is 8.18. The smallest absolute Gasteiger partial charge is 0.243 e. The van der Waals surface area contributed by atoms with Crippen LogP contribution in [-0.2, 0) is 10.0 Å². The van der Waals surface area contributed by atoms with Gasteiger partial charge in [0.2, 0.25) is 10.0 Å². The largest absolute Gasteiger partial charge is 0.301 e. The highest BCUT2D eigenvalue weighted by Crippen LogP contribution is 2.27. The van der Waals surface area contributed by atoms with E-state index in [9.17, 15) is 8.42 Å². The number of benzene rings is 2. The van der Waals surface area contributed by atoms with Crippen molar-refractivity contribution in [3.63, 3.8) is 0 Å². The van der Waals surface area contributed by atoms with Crippen LogP contribution in [0.5, 0.6) is 0 Å². The third-order valence-electron chi connectivity index (χ3n) is 4.67. The van der Waals surface area contributed by atoms with Crippen molar-refractivity contribution < 1.29 is 8.42 Å². The van der Waals surface area contributed by atoms with E-state index < -0.39 is 10.0 Å². The molecule has 0 N–H and O–H groups in total. The van der Waals surface area contributed by atoms with Crippen molar-refractivity contribution in [2.45, 2.75) is 16.2 Å². The Morgan fingerprint density at radius 2 is 1.71 bits per heavy atom. The van der Waals surface area contributed by atoms with Gasteiger partial charge in [0.15, 0.2) is 0 Å². The lowest BCUT2D eigenvalue weighted by molar-refractivity contribution is 0.189. The molecule has 8 heteroatoms. The summed E-state index contributed by atoms with van der Waals surface area (Å²) in [5.74, 6) is 0.980. The zero-order valence-electron chi connectivity index (χ0n) is 15.4. The van der Waals surface area contributed by atoms with E-state index in [2.05, 4.69) is 4.90 Å². The molecule has 1 saturated heterocycles. The number of thioether (sulfide) groups is 1. The summed E-state index contributed by atoms with van der Waals surface area (Å²) in [4.78, 5) is 3.65. The van der Waals surface area contributed by atoms with E-state index in [1.165, 1.54) is 16.4 Å². The topological polar surface area (TPSA) is 64.4 Å². The summed E-state index contributed by atoms with van der Waals surface area (Å²) in [6, 6.07) is 15.9. The molecule has 0 unspecified atom stereocenters. The molecule has 1 aliphatic rings. The first-order chi connectivity index (χ1) is 13.5. The highest BCUT2D eigenvalue weighted by molar-refractivity contribution is 7.99. The number of sulfonamides is 1. The van der Waals surface area contributed by atoms with Crippen molar-refractivity contribution in [3.05, 3.63) is 59.1 Å². The van der Waals surface area contributed by atoms with Gasteiger partial charge in [-0.15, -0.1) is 11.8 Å². The average molecular weight is 436 g/mol. The Kier molecular flexibility index (Phi) is 7.38. The Bertz CT molecular complexity index is 935. The number of piperazine rings is 1. The molecule has 1 heterocycles. The molecule has 2 aromatic carbocycles. The molecule has 5 nitrogen and oxygen atoms in total. The molecule has 0 amide bonds. The molecule has 1 fully saturated rings. The first kappa shape index (κ1) is 21.2. The van der Waals surface area contributed by atoms with Gasteiger partial charge in [0.25, 0.3) is 0 Å². The Morgan fingerprint density at radius 1 is 1.04 bits per heavy atom. The van der Waals surface area contributed by atoms with E-state index in [-0.39, 0.29) is 4.90 Å². The molecule has 2 aromatic rings. The number of halogens is 1.